The van der Waals surface area contributed by atoms with E-state index in [1.54, 1.807) is 0 Å². The normalized spacial score (nSPS) is 14.6. The van der Waals surface area contributed by atoms with Crippen LogP contribution in [0.1, 0.15) is 40.0 Å². The number of allylic oxidation sites excluding steroid dienone is 3. The van der Waals surface area contributed by atoms with Gasteiger partial charge in [0, 0.05) is 0 Å². The Bertz CT molecular complexity index is 131. The largest absolute Gasteiger partial charge is 0.103 e. The van der Waals surface area contributed by atoms with Crippen molar-refractivity contribution in [3.8, 4) is 0 Å². The molecule has 0 aromatic carbocycles. The molecule has 0 fully saturated rings. The predicted molar refractivity (Wildman–Crippen MR) is 52.6 cm³/mol. The van der Waals surface area contributed by atoms with Gasteiger partial charge in [-0.15, -0.1) is 6.58 Å². The second kappa shape index (κ2) is 6.21. The van der Waals surface area contributed by atoms with Crippen LogP contribution in [-0.4, -0.2) is 0 Å². The van der Waals surface area contributed by atoms with Crippen molar-refractivity contribution in [2.24, 2.45) is 5.92 Å². The molecule has 0 amide bonds. The van der Waals surface area contributed by atoms with Crippen molar-refractivity contribution in [1.82, 2.24) is 0 Å². The van der Waals surface area contributed by atoms with Gasteiger partial charge in [-0.25, -0.2) is 0 Å². The summed E-state index contributed by atoms with van der Waals surface area (Å²) in [5.41, 5.74) is 1.50. The Kier molecular flexibility index (Phi) is 5.91. The second-order valence-corrected chi connectivity index (χ2v) is 3.19. The third-order valence-electron chi connectivity index (χ3n) is 2.07. The van der Waals surface area contributed by atoms with Crippen molar-refractivity contribution >= 4 is 0 Å². The minimum absolute atomic E-state index is 0.663. The molecule has 0 aliphatic carbocycles. The van der Waals surface area contributed by atoms with Gasteiger partial charge in [0.2, 0.25) is 0 Å². The molecule has 0 saturated carbocycles. The van der Waals surface area contributed by atoms with Crippen molar-refractivity contribution in [3.05, 3.63) is 24.3 Å². The average Bonchev–Trinajstić information content (AvgIpc) is 2.04. The summed E-state index contributed by atoms with van der Waals surface area (Å²) in [6.07, 6.45) is 7.98. The summed E-state index contributed by atoms with van der Waals surface area (Å²) in [6.45, 7) is 10.4. The van der Waals surface area contributed by atoms with Crippen molar-refractivity contribution in [2.45, 2.75) is 40.0 Å². The Hall–Kier alpha value is -0.520. The lowest BCUT2D eigenvalue weighted by molar-refractivity contribution is 0.657. The van der Waals surface area contributed by atoms with Crippen molar-refractivity contribution in [2.75, 3.05) is 0 Å². The molecule has 0 nitrogen and oxygen atoms in total. The fraction of sp³-hybridized carbons (Fsp3) is 0.636. The smallest absolute Gasteiger partial charge is 0.0262 e. The molecule has 0 aliphatic heterocycles. The molecule has 64 valence electrons. The van der Waals surface area contributed by atoms with Crippen LogP contribution >= 0.6 is 0 Å². The fourth-order valence-corrected chi connectivity index (χ4v) is 0.855. The summed E-state index contributed by atoms with van der Waals surface area (Å²) in [7, 11) is 0. The Balaban J connectivity index is 3.47. The molecule has 0 heteroatoms. The van der Waals surface area contributed by atoms with Crippen LogP contribution in [0.5, 0.6) is 0 Å². The van der Waals surface area contributed by atoms with Crippen LogP contribution in [0.15, 0.2) is 24.3 Å². The van der Waals surface area contributed by atoms with Crippen molar-refractivity contribution < 1.29 is 0 Å². The van der Waals surface area contributed by atoms with E-state index >= 15 is 0 Å². The van der Waals surface area contributed by atoms with Gasteiger partial charge in [-0.2, -0.15) is 0 Å². The summed E-state index contributed by atoms with van der Waals surface area (Å²) in [5, 5.41) is 0. The lowest BCUT2D eigenvalue weighted by Crippen LogP contribution is -1.86. The van der Waals surface area contributed by atoms with E-state index in [1.165, 1.54) is 24.8 Å². The summed E-state index contributed by atoms with van der Waals surface area (Å²) in [6, 6.07) is 0. The van der Waals surface area contributed by atoms with Gasteiger partial charge in [0.25, 0.3) is 0 Å². The Labute approximate surface area is 71.0 Å². The van der Waals surface area contributed by atoms with Gasteiger partial charge in [0.05, 0.1) is 0 Å². The van der Waals surface area contributed by atoms with Crippen LogP contribution in [0.2, 0.25) is 0 Å². The van der Waals surface area contributed by atoms with Crippen LogP contribution in [0.4, 0.5) is 0 Å². The maximum Gasteiger partial charge on any atom is -0.0262 e. The maximum absolute atomic E-state index is 3.76. The minimum atomic E-state index is 0.663. The first-order valence-corrected chi connectivity index (χ1v) is 4.48. The number of rotatable bonds is 5. The van der Waals surface area contributed by atoms with E-state index in [0.717, 1.165) is 0 Å². The van der Waals surface area contributed by atoms with Crippen LogP contribution in [0.25, 0.3) is 0 Å². The highest BCUT2D eigenvalue weighted by Gasteiger charge is 1.92. The predicted octanol–water partition coefficient (Wildman–Crippen LogP) is 3.95. The van der Waals surface area contributed by atoms with Crippen molar-refractivity contribution in [3.63, 3.8) is 0 Å². The molecule has 0 aliphatic rings. The summed E-state index contributed by atoms with van der Waals surface area (Å²) < 4.78 is 0. The minimum Gasteiger partial charge on any atom is -0.103 e. The fourth-order valence-electron chi connectivity index (χ4n) is 0.855. The summed E-state index contributed by atoms with van der Waals surface area (Å²) in [4.78, 5) is 0. The molecule has 0 saturated heterocycles. The molecule has 0 heterocycles. The molecular weight excluding hydrogens is 132 g/mol. The van der Waals surface area contributed by atoms with E-state index in [0.29, 0.717) is 5.92 Å². The van der Waals surface area contributed by atoms with Gasteiger partial charge in [-0.1, -0.05) is 31.6 Å². The van der Waals surface area contributed by atoms with Gasteiger partial charge in [0.1, 0.15) is 0 Å². The first-order valence-electron chi connectivity index (χ1n) is 4.48. The lowest BCUT2D eigenvalue weighted by atomic mass is 10.0. The molecule has 1 atom stereocenters. The van der Waals surface area contributed by atoms with E-state index in [-0.39, 0.29) is 0 Å². The molecule has 0 unspecified atom stereocenters. The number of hydrogen-bond acceptors (Lipinski definition) is 0. The SMILES string of the molecule is C=C[C@H](C)CC/C=C(\C)CC. The van der Waals surface area contributed by atoms with Gasteiger partial charge in [-0.3, -0.25) is 0 Å². The zero-order chi connectivity index (χ0) is 8.69. The van der Waals surface area contributed by atoms with E-state index in [1.807, 2.05) is 6.08 Å². The van der Waals surface area contributed by atoms with Crippen LogP contribution in [0, 0.1) is 5.92 Å². The monoisotopic (exact) mass is 152 g/mol. The zero-order valence-electron chi connectivity index (χ0n) is 8.06. The zero-order valence-corrected chi connectivity index (χ0v) is 8.06. The Morgan fingerprint density at radius 2 is 2.18 bits per heavy atom. The molecule has 0 N–H and O–H groups in total. The third-order valence-corrected chi connectivity index (χ3v) is 2.07. The van der Waals surface area contributed by atoms with Crippen LogP contribution in [-0.2, 0) is 0 Å². The van der Waals surface area contributed by atoms with Gasteiger partial charge < -0.3 is 0 Å². The van der Waals surface area contributed by atoms with E-state index in [4.69, 9.17) is 0 Å². The molecule has 0 aromatic heterocycles. The summed E-state index contributed by atoms with van der Waals surface area (Å²) >= 11 is 0. The summed E-state index contributed by atoms with van der Waals surface area (Å²) in [5.74, 6) is 0.663. The van der Waals surface area contributed by atoms with E-state index in [2.05, 4.69) is 33.4 Å². The first kappa shape index (κ1) is 10.5. The van der Waals surface area contributed by atoms with Gasteiger partial charge in [-0.05, 0) is 32.1 Å². The van der Waals surface area contributed by atoms with Gasteiger partial charge >= 0.3 is 0 Å². The molecule has 0 spiro atoms. The molecule has 0 aromatic rings. The second-order valence-electron chi connectivity index (χ2n) is 3.19. The van der Waals surface area contributed by atoms with Crippen LogP contribution < -0.4 is 0 Å². The topological polar surface area (TPSA) is 0 Å². The third kappa shape index (κ3) is 5.90. The van der Waals surface area contributed by atoms with Gasteiger partial charge in [0.15, 0.2) is 0 Å². The highest BCUT2D eigenvalue weighted by atomic mass is 14.0. The Morgan fingerprint density at radius 3 is 2.64 bits per heavy atom. The highest BCUT2D eigenvalue weighted by Crippen LogP contribution is 2.09. The number of hydrogen-bond donors (Lipinski definition) is 0. The highest BCUT2D eigenvalue weighted by molar-refractivity contribution is 4.96. The molecular formula is C11H20. The standard InChI is InChI=1S/C11H20/c1-5-10(3)8-7-9-11(4)6-2/h5,9-10H,1,6-8H2,2-4H3/b11-9+/t10-/m0/s1. The lowest BCUT2D eigenvalue weighted by Gasteiger charge is -2.02. The molecule has 0 radical (unpaired) electrons. The maximum atomic E-state index is 3.76. The van der Waals surface area contributed by atoms with Crippen molar-refractivity contribution in [1.29, 1.82) is 0 Å². The quantitative estimate of drug-likeness (QED) is 0.523. The first-order chi connectivity index (χ1) is 5.20. The average molecular weight is 152 g/mol. The van der Waals surface area contributed by atoms with E-state index < -0.39 is 0 Å². The molecule has 0 bridgehead atoms. The molecule has 11 heavy (non-hydrogen) atoms. The van der Waals surface area contributed by atoms with E-state index in [9.17, 15) is 0 Å². The molecule has 0 rings (SSSR count). The Morgan fingerprint density at radius 1 is 1.55 bits per heavy atom. The van der Waals surface area contributed by atoms with Crippen LogP contribution in [0.3, 0.4) is 0 Å².